The second kappa shape index (κ2) is 6.75. The monoisotopic (exact) mass is 325 g/mol. The Morgan fingerprint density at radius 1 is 1.23 bits per heavy atom. The van der Waals surface area contributed by atoms with E-state index in [4.69, 9.17) is 16.3 Å². The summed E-state index contributed by atoms with van der Waals surface area (Å²) in [5.74, 6) is 0. The van der Waals surface area contributed by atoms with Gasteiger partial charge in [-0.2, -0.15) is 0 Å². The van der Waals surface area contributed by atoms with Crippen molar-refractivity contribution in [3.05, 3.63) is 23.2 Å². The third-order valence-corrected chi connectivity index (χ3v) is 3.74. The summed E-state index contributed by atoms with van der Waals surface area (Å²) >= 11 is 6.37. The average molecular weight is 326 g/mol. The van der Waals surface area contributed by atoms with E-state index in [1.807, 2.05) is 32.9 Å². The topological polar surface area (TPSA) is 44.8 Å². The van der Waals surface area contributed by atoms with Crippen molar-refractivity contribution >= 4 is 29.1 Å². The number of carbonyl (C=O) groups is 1. The molecule has 1 heterocycles. The Bertz CT molecular complexity index is 535. The number of halogens is 1. The molecule has 1 saturated heterocycles. The molecule has 122 valence electrons. The van der Waals surface area contributed by atoms with Gasteiger partial charge in [-0.3, -0.25) is 5.32 Å². The fourth-order valence-electron chi connectivity index (χ4n) is 2.31. The Labute approximate surface area is 137 Å². The number of ether oxygens (including phenoxy) is 1. The van der Waals surface area contributed by atoms with E-state index < -0.39 is 11.7 Å². The molecular formula is C16H24ClN3O2. The predicted molar refractivity (Wildman–Crippen MR) is 91.0 cm³/mol. The van der Waals surface area contributed by atoms with Crippen molar-refractivity contribution < 1.29 is 9.53 Å². The van der Waals surface area contributed by atoms with E-state index in [1.165, 1.54) is 0 Å². The van der Waals surface area contributed by atoms with Gasteiger partial charge in [-0.05, 0) is 46.0 Å². The smallest absolute Gasteiger partial charge is 0.412 e. The molecule has 1 fully saturated rings. The lowest BCUT2D eigenvalue weighted by atomic mass is 10.2. The molecule has 1 aromatic carbocycles. The van der Waals surface area contributed by atoms with E-state index in [-0.39, 0.29) is 0 Å². The van der Waals surface area contributed by atoms with Crippen LogP contribution in [-0.4, -0.2) is 49.8 Å². The van der Waals surface area contributed by atoms with Crippen LogP contribution < -0.4 is 10.2 Å². The molecule has 22 heavy (non-hydrogen) atoms. The number of hydrogen-bond donors (Lipinski definition) is 1. The molecule has 0 atom stereocenters. The minimum Gasteiger partial charge on any atom is -0.444 e. The summed E-state index contributed by atoms with van der Waals surface area (Å²) < 4.78 is 5.23. The number of anilines is 2. The molecule has 0 spiro atoms. The number of amides is 1. The third kappa shape index (κ3) is 4.78. The molecule has 6 heteroatoms. The van der Waals surface area contributed by atoms with Crippen LogP contribution in [0.3, 0.4) is 0 Å². The molecule has 1 amide bonds. The molecule has 0 radical (unpaired) electrons. The Hall–Kier alpha value is -1.46. The van der Waals surface area contributed by atoms with Gasteiger partial charge in [0, 0.05) is 31.9 Å². The van der Waals surface area contributed by atoms with Crippen molar-refractivity contribution in [2.75, 3.05) is 43.4 Å². The number of nitrogens with one attached hydrogen (secondary N) is 1. The van der Waals surface area contributed by atoms with Crippen LogP contribution >= 0.6 is 11.6 Å². The van der Waals surface area contributed by atoms with Crippen molar-refractivity contribution in [3.8, 4) is 0 Å². The second-order valence-electron chi connectivity index (χ2n) is 6.58. The van der Waals surface area contributed by atoms with Crippen molar-refractivity contribution in [2.24, 2.45) is 0 Å². The van der Waals surface area contributed by atoms with Crippen LogP contribution in [0.5, 0.6) is 0 Å². The van der Waals surface area contributed by atoms with Crippen molar-refractivity contribution in [2.45, 2.75) is 26.4 Å². The molecule has 0 unspecified atom stereocenters. The van der Waals surface area contributed by atoms with Gasteiger partial charge >= 0.3 is 6.09 Å². The highest BCUT2D eigenvalue weighted by Gasteiger charge is 2.18. The molecule has 5 nitrogen and oxygen atoms in total. The van der Waals surface area contributed by atoms with E-state index in [0.717, 1.165) is 31.9 Å². The van der Waals surface area contributed by atoms with Crippen LogP contribution in [0.15, 0.2) is 18.2 Å². The summed E-state index contributed by atoms with van der Waals surface area (Å²) in [6.07, 6.45) is -0.476. The molecule has 0 bridgehead atoms. The standard InChI is InChI=1S/C16H24ClN3O2/c1-16(2,3)22-15(21)18-12-5-6-14(13(17)11-12)20-9-7-19(4)8-10-20/h5-6,11H,7-10H2,1-4H3,(H,18,21). The fraction of sp³-hybridized carbons (Fsp3) is 0.562. The van der Waals surface area contributed by atoms with Gasteiger partial charge in [0.1, 0.15) is 5.60 Å². The van der Waals surface area contributed by atoms with Gasteiger partial charge in [-0.15, -0.1) is 0 Å². The van der Waals surface area contributed by atoms with Gasteiger partial charge in [0.15, 0.2) is 0 Å². The summed E-state index contributed by atoms with van der Waals surface area (Å²) in [7, 11) is 2.12. The Balaban J connectivity index is 2.02. The van der Waals surface area contributed by atoms with E-state index in [9.17, 15) is 4.79 Å². The average Bonchev–Trinajstić information content (AvgIpc) is 2.38. The number of benzene rings is 1. The number of likely N-dealkylation sites (N-methyl/N-ethyl adjacent to an activating group) is 1. The molecule has 0 aromatic heterocycles. The van der Waals surface area contributed by atoms with Crippen LogP contribution in [0.4, 0.5) is 16.2 Å². The summed E-state index contributed by atoms with van der Waals surface area (Å²) in [4.78, 5) is 16.3. The van der Waals surface area contributed by atoms with Crippen LogP contribution in [0.2, 0.25) is 5.02 Å². The Morgan fingerprint density at radius 2 is 1.86 bits per heavy atom. The number of nitrogens with zero attached hydrogens (tertiary/aromatic N) is 2. The normalized spacial score (nSPS) is 16.5. The Morgan fingerprint density at radius 3 is 2.41 bits per heavy atom. The van der Waals surface area contributed by atoms with Gasteiger partial charge in [0.05, 0.1) is 10.7 Å². The summed E-state index contributed by atoms with van der Waals surface area (Å²) in [5, 5.41) is 3.34. The lowest BCUT2D eigenvalue weighted by Crippen LogP contribution is -2.44. The van der Waals surface area contributed by atoms with E-state index in [1.54, 1.807) is 6.07 Å². The van der Waals surface area contributed by atoms with Gasteiger partial charge in [0.25, 0.3) is 0 Å². The molecule has 1 N–H and O–H groups in total. The first kappa shape index (κ1) is 16.9. The van der Waals surface area contributed by atoms with Crippen molar-refractivity contribution in [1.82, 2.24) is 4.90 Å². The minimum absolute atomic E-state index is 0.476. The fourth-order valence-corrected chi connectivity index (χ4v) is 2.61. The zero-order chi connectivity index (χ0) is 16.3. The molecule has 0 aliphatic carbocycles. The molecular weight excluding hydrogens is 302 g/mol. The van der Waals surface area contributed by atoms with Crippen LogP contribution in [0, 0.1) is 0 Å². The first-order valence-corrected chi connectivity index (χ1v) is 7.85. The number of rotatable bonds is 2. The lowest BCUT2D eigenvalue weighted by Gasteiger charge is -2.34. The molecule has 0 saturated carbocycles. The molecule has 1 aliphatic heterocycles. The third-order valence-electron chi connectivity index (χ3n) is 3.44. The number of carbonyl (C=O) groups excluding carboxylic acids is 1. The van der Waals surface area contributed by atoms with E-state index >= 15 is 0 Å². The molecule has 1 aromatic rings. The molecule has 2 rings (SSSR count). The first-order chi connectivity index (χ1) is 10.2. The van der Waals surface area contributed by atoms with E-state index in [0.29, 0.717) is 10.7 Å². The number of hydrogen-bond acceptors (Lipinski definition) is 4. The van der Waals surface area contributed by atoms with Gasteiger partial charge < -0.3 is 14.5 Å². The number of piperazine rings is 1. The minimum atomic E-state index is -0.520. The zero-order valence-corrected chi connectivity index (χ0v) is 14.4. The van der Waals surface area contributed by atoms with Crippen LogP contribution in [0.1, 0.15) is 20.8 Å². The van der Waals surface area contributed by atoms with Gasteiger partial charge in [0.2, 0.25) is 0 Å². The summed E-state index contributed by atoms with van der Waals surface area (Å²) in [6, 6.07) is 5.56. The van der Waals surface area contributed by atoms with Crippen molar-refractivity contribution in [3.63, 3.8) is 0 Å². The largest absolute Gasteiger partial charge is 0.444 e. The summed E-state index contributed by atoms with van der Waals surface area (Å²) in [6.45, 7) is 9.44. The lowest BCUT2D eigenvalue weighted by molar-refractivity contribution is 0.0636. The quantitative estimate of drug-likeness (QED) is 0.904. The SMILES string of the molecule is CN1CCN(c2ccc(NC(=O)OC(C)(C)C)cc2Cl)CC1. The highest BCUT2D eigenvalue weighted by Crippen LogP contribution is 2.29. The van der Waals surface area contributed by atoms with Crippen molar-refractivity contribution in [1.29, 1.82) is 0 Å². The maximum absolute atomic E-state index is 11.8. The zero-order valence-electron chi connectivity index (χ0n) is 13.6. The van der Waals surface area contributed by atoms with Gasteiger partial charge in [-0.1, -0.05) is 11.6 Å². The highest BCUT2D eigenvalue weighted by atomic mass is 35.5. The van der Waals surface area contributed by atoms with Crippen LogP contribution in [-0.2, 0) is 4.74 Å². The van der Waals surface area contributed by atoms with Crippen LogP contribution in [0.25, 0.3) is 0 Å². The second-order valence-corrected chi connectivity index (χ2v) is 6.99. The first-order valence-electron chi connectivity index (χ1n) is 7.48. The summed E-state index contributed by atoms with van der Waals surface area (Å²) in [5.41, 5.74) is 1.12. The Kier molecular flexibility index (Phi) is 5.19. The van der Waals surface area contributed by atoms with E-state index in [2.05, 4.69) is 22.2 Å². The maximum Gasteiger partial charge on any atom is 0.412 e. The maximum atomic E-state index is 11.8. The predicted octanol–water partition coefficient (Wildman–Crippen LogP) is 3.44. The highest BCUT2D eigenvalue weighted by molar-refractivity contribution is 6.33. The molecule has 1 aliphatic rings. The van der Waals surface area contributed by atoms with Gasteiger partial charge in [-0.25, -0.2) is 4.79 Å².